The molecule has 6 N–H and O–H groups in total. The van der Waals surface area contributed by atoms with Crippen molar-refractivity contribution in [3.05, 3.63) is 30.0 Å². The monoisotopic (exact) mass is 447 g/mol. The minimum Gasteiger partial charge on any atom is -0.496 e. The molecule has 11 nitrogen and oxygen atoms in total. The van der Waals surface area contributed by atoms with E-state index >= 15 is 0 Å². The Kier molecular flexibility index (Phi) is 8.59. The maximum atomic E-state index is 12.9. The van der Waals surface area contributed by atoms with Crippen LogP contribution >= 0.6 is 0 Å². The number of carbonyl (C=O) groups is 4. The van der Waals surface area contributed by atoms with Crippen molar-refractivity contribution < 1.29 is 29.0 Å². The normalized spacial score (nSPS) is 11.8. The van der Waals surface area contributed by atoms with Gasteiger partial charge in [-0.25, -0.2) is 0 Å². The van der Waals surface area contributed by atoms with Crippen LogP contribution in [0.3, 0.4) is 0 Å². The molecular formula is C21H29N5O6. The van der Waals surface area contributed by atoms with Crippen LogP contribution in [0.15, 0.2) is 24.3 Å². The summed E-state index contributed by atoms with van der Waals surface area (Å²) in [4.78, 5) is 51.7. The van der Waals surface area contributed by atoms with Gasteiger partial charge in [-0.15, -0.1) is 0 Å². The van der Waals surface area contributed by atoms with Crippen molar-refractivity contribution in [1.29, 1.82) is 0 Å². The van der Waals surface area contributed by atoms with E-state index in [1.807, 2.05) is 13.8 Å². The van der Waals surface area contributed by atoms with Gasteiger partial charge in [-0.05, 0) is 30.5 Å². The summed E-state index contributed by atoms with van der Waals surface area (Å²) in [5.74, 6) is -2.01. The fraction of sp³-hybridized carbons (Fsp3) is 0.429. The quantitative estimate of drug-likeness (QED) is 0.323. The number of fused-ring (bicyclic) bond motifs is 1. The fourth-order valence-electron chi connectivity index (χ4n) is 3.13. The highest BCUT2D eigenvalue weighted by atomic mass is 16.5. The van der Waals surface area contributed by atoms with Crippen molar-refractivity contribution >= 4 is 34.5 Å². The van der Waals surface area contributed by atoms with E-state index in [1.165, 1.54) is 7.11 Å². The third-order valence-corrected chi connectivity index (χ3v) is 4.68. The Morgan fingerprint density at radius 3 is 2.56 bits per heavy atom. The molecule has 0 saturated carbocycles. The summed E-state index contributed by atoms with van der Waals surface area (Å²) in [6.45, 7) is 2.69. The first-order valence-corrected chi connectivity index (χ1v) is 10.1. The average Bonchev–Trinajstić information content (AvgIpc) is 3.19. The first kappa shape index (κ1) is 24.7. The standard InChI is InChI=1S/C21H29N5O6/c1-12(2)9-15(21(31)25-26(19(29)11-27)8-7-18(22)28)24-20(30)16-10-13-14(23-16)5-4-6-17(13)32-3/h4-6,10,12,15,23,27H,7-9,11H2,1-3H3,(H2,22,28)(H,24,30)(H,25,31)/t15-/m0/s1. The van der Waals surface area contributed by atoms with Crippen molar-refractivity contribution in [3.8, 4) is 5.75 Å². The lowest BCUT2D eigenvalue weighted by atomic mass is 10.0. The second-order valence-electron chi connectivity index (χ2n) is 7.66. The van der Waals surface area contributed by atoms with Gasteiger partial charge in [-0.2, -0.15) is 0 Å². The molecule has 0 bridgehead atoms. The Morgan fingerprint density at radius 1 is 1.25 bits per heavy atom. The highest BCUT2D eigenvalue weighted by molar-refractivity contribution is 6.01. The van der Waals surface area contributed by atoms with E-state index in [1.54, 1.807) is 24.3 Å². The number of carbonyl (C=O) groups excluding carboxylic acids is 4. The summed E-state index contributed by atoms with van der Waals surface area (Å²) in [5, 5.41) is 13.3. The average molecular weight is 447 g/mol. The Morgan fingerprint density at radius 2 is 1.97 bits per heavy atom. The topological polar surface area (TPSA) is 167 Å². The molecule has 1 heterocycles. The maximum absolute atomic E-state index is 12.9. The molecule has 0 aliphatic heterocycles. The van der Waals surface area contributed by atoms with E-state index < -0.39 is 36.3 Å². The minimum absolute atomic E-state index is 0.0430. The molecule has 2 aromatic rings. The van der Waals surface area contributed by atoms with Gasteiger partial charge in [0.15, 0.2) is 0 Å². The van der Waals surface area contributed by atoms with Crippen molar-refractivity contribution in [1.82, 2.24) is 20.7 Å². The van der Waals surface area contributed by atoms with Gasteiger partial charge in [0.2, 0.25) is 5.91 Å². The van der Waals surface area contributed by atoms with E-state index in [4.69, 9.17) is 15.6 Å². The second-order valence-corrected chi connectivity index (χ2v) is 7.66. The summed E-state index contributed by atoms with van der Waals surface area (Å²) >= 11 is 0. The molecule has 0 aliphatic rings. The van der Waals surface area contributed by atoms with Crippen LogP contribution in [-0.4, -0.2) is 65.0 Å². The molecule has 0 spiro atoms. The lowest BCUT2D eigenvalue weighted by Gasteiger charge is -2.26. The van der Waals surface area contributed by atoms with Crippen LogP contribution < -0.4 is 21.2 Å². The van der Waals surface area contributed by atoms with Gasteiger partial charge in [0, 0.05) is 17.3 Å². The largest absolute Gasteiger partial charge is 0.496 e. The Balaban J connectivity index is 2.19. The van der Waals surface area contributed by atoms with E-state index in [-0.39, 0.29) is 31.0 Å². The van der Waals surface area contributed by atoms with Crippen molar-refractivity contribution in [2.45, 2.75) is 32.7 Å². The number of hydrazine groups is 1. The van der Waals surface area contributed by atoms with Gasteiger partial charge in [0.25, 0.3) is 17.7 Å². The number of methoxy groups -OCH3 is 1. The molecule has 32 heavy (non-hydrogen) atoms. The zero-order valence-electron chi connectivity index (χ0n) is 18.3. The molecule has 0 radical (unpaired) electrons. The number of aliphatic hydroxyl groups excluding tert-OH is 1. The van der Waals surface area contributed by atoms with Crippen LogP contribution in [0.2, 0.25) is 0 Å². The minimum atomic E-state index is -0.974. The third kappa shape index (κ3) is 6.45. The molecule has 0 unspecified atom stereocenters. The zero-order valence-corrected chi connectivity index (χ0v) is 18.3. The molecule has 1 aromatic carbocycles. The van der Waals surface area contributed by atoms with Crippen LogP contribution in [0.25, 0.3) is 10.9 Å². The van der Waals surface area contributed by atoms with E-state index in [0.717, 1.165) is 10.4 Å². The number of aromatic nitrogens is 1. The summed E-state index contributed by atoms with van der Waals surface area (Å²) in [6, 6.07) is 6.00. The number of nitrogens with zero attached hydrogens (tertiary/aromatic N) is 1. The molecule has 0 aliphatic carbocycles. The van der Waals surface area contributed by atoms with Gasteiger partial charge in [0.05, 0.1) is 13.7 Å². The van der Waals surface area contributed by atoms with Gasteiger partial charge in [0.1, 0.15) is 24.1 Å². The van der Waals surface area contributed by atoms with Gasteiger partial charge in [-0.3, -0.25) is 29.6 Å². The number of H-pyrrole nitrogens is 1. The third-order valence-electron chi connectivity index (χ3n) is 4.68. The Hall–Kier alpha value is -3.60. The van der Waals surface area contributed by atoms with Crippen LogP contribution in [0.5, 0.6) is 5.75 Å². The number of ether oxygens (including phenoxy) is 1. The highest BCUT2D eigenvalue weighted by Crippen LogP contribution is 2.26. The summed E-state index contributed by atoms with van der Waals surface area (Å²) < 4.78 is 5.30. The Labute approximate surface area is 185 Å². The molecule has 1 aromatic heterocycles. The van der Waals surface area contributed by atoms with E-state index in [0.29, 0.717) is 11.3 Å². The van der Waals surface area contributed by atoms with Crippen LogP contribution in [-0.2, 0) is 14.4 Å². The molecule has 0 fully saturated rings. The van der Waals surface area contributed by atoms with Crippen LogP contribution in [0, 0.1) is 5.92 Å². The number of benzene rings is 1. The van der Waals surface area contributed by atoms with E-state index in [2.05, 4.69) is 15.7 Å². The SMILES string of the molecule is COc1cccc2[nH]c(C(=O)N[C@@H](CC(C)C)C(=O)NN(CCC(N)=O)C(=O)CO)cc12. The number of rotatable bonds is 10. The number of hydrogen-bond acceptors (Lipinski definition) is 6. The van der Waals surface area contributed by atoms with Crippen molar-refractivity contribution in [2.75, 3.05) is 20.3 Å². The zero-order chi connectivity index (χ0) is 23.8. The predicted molar refractivity (Wildman–Crippen MR) is 116 cm³/mol. The molecule has 2 rings (SSSR count). The van der Waals surface area contributed by atoms with Gasteiger partial charge >= 0.3 is 0 Å². The van der Waals surface area contributed by atoms with Gasteiger partial charge < -0.3 is 25.9 Å². The van der Waals surface area contributed by atoms with Crippen molar-refractivity contribution in [2.24, 2.45) is 11.7 Å². The first-order chi connectivity index (χ1) is 15.2. The number of aromatic amines is 1. The molecule has 174 valence electrons. The number of primary amides is 1. The number of nitrogens with two attached hydrogens (primary N) is 1. The number of aliphatic hydroxyl groups is 1. The predicted octanol–water partition coefficient (Wildman–Crippen LogP) is 0.0485. The lowest BCUT2D eigenvalue weighted by molar-refractivity contribution is -0.144. The summed E-state index contributed by atoms with van der Waals surface area (Å²) in [7, 11) is 1.53. The summed E-state index contributed by atoms with van der Waals surface area (Å²) in [6.07, 6.45) is 0.0855. The Bertz CT molecular complexity index is 986. The smallest absolute Gasteiger partial charge is 0.268 e. The molecule has 1 atom stereocenters. The number of amides is 4. The maximum Gasteiger partial charge on any atom is 0.268 e. The number of hydrogen-bond donors (Lipinski definition) is 5. The second kappa shape index (κ2) is 11.1. The first-order valence-electron chi connectivity index (χ1n) is 10.1. The number of nitrogens with one attached hydrogen (secondary N) is 3. The van der Waals surface area contributed by atoms with E-state index in [9.17, 15) is 19.2 Å². The highest BCUT2D eigenvalue weighted by Gasteiger charge is 2.26. The summed E-state index contributed by atoms with van der Waals surface area (Å²) in [5.41, 5.74) is 8.40. The molecule has 0 saturated heterocycles. The van der Waals surface area contributed by atoms with Gasteiger partial charge in [-0.1, -0.05) is 19.9 Å². The van der Waals surface area contributed by atoms with Crippen LogP contribution in [0.4, 0.5) is 0 Å². The van der Waals surface area contributed by atoms with Crippen LogP contribution in [0.1, 0.15) is 37.2 Å². The lowest BCUT2D eigenvalue weighted by Crippen LogP contribution is -2.55. The molecule has 11 heteroatoms. The molecule has 4 amide bonds. The van der Waals surface area contributed by atoms with Crippen molar-refractivity contribution in [3.63, 3.8) is 0 Å². The fourth-order valence-corrected chi connectivity index (χ4v) is 3.13. The molecular weight excluding hydrogens is 418 g/mol.